The average Bonchev–Trinajstić information content (AvgIpc) is 2.03. The first-order chi connectivity index (χ1) is 5.99. The largest absolute Gasteiger partial charge is 0.480 e. The first-order valence-corrected chi connectivity index (χ1v) is 3.80. The van der Waals surface area contributed by atoms with Crippen LogP contribution in [0.5, 0.6) is 0 Å². The van der Waals surface area contributed by atoms with Gasteiger partial charge in [0.05, 0.1) is 0 Å². The Labute approximate surface area is 77.0 Å². The molecule has 74 valence electrons. The standard InChI is InChI=1S/C8H14N2O3/c1-4-5-6(7(11)12)9-8(13)10(2)3/h4,6H,1,5H2,2-3H3,(H,9,13)(H,11,12). The van der Waals surface area contributed by atoms with Crippen molar-refractivity contribution in [2.75, 3.05) is 14.1 Å². The number of carboxylic acids is 1. The van der Waals surface area contributed by atoms with Crippen molar-refractivity contribution in [2.24, 2.45) is 0 Å². The maximum Gasteiger partial charge on any atom is 0.326 e. The van der Waals surface area contributed by atoms with E-state index in [2.05, 4.69) is 11.9 Å². The lowest BCUT2D eigenvalue weighted by Crippen LogP contribution is -2.45. The second kappa shape index (κ2) is 5.18. The van der Waals surface area contributed by atoms with Gasteiger partial charge in [0.25, 0.3) is 0 Å². The molecule has 0 saturated carbocycles. The summed E-state index contributed by atoms with van der Waals surface area (Å²) in [5, 5.41) is 11.0. The molecule has 5 heteroatoms. The number of carboxylic acid groups (broad SMARTS) is 1. The van der Waals surface area contributed by atoms with Crippen molar-refractivity contribution in [3.05, 3.63) is 12.7 Å². The fourth-order valence-corrected chi connectivity index (χ4v) is 0.666. The van der Waals surface area contributed by atoms with Crippen molar-refractivity contribution in [1.29, 1.82) is 0 Å². The van der Waals surface area contributed by atoms with Gasteiger partial charge in [-0.1, -0.05) is 6.08 Å². The first-order valence-electron chi connectivity index (χ1n) is 3.80. The Morgan fingerprint density at radius 2 is 2.15 bits per heavy atom. The Bertz CT molecular complexity index is 213. The molecule has 0 bridgehead atoms. The lowest BCUT2D eigenvalue weighted by atomic mass is 10.2. The van der Waals surface area contributed by atoms with E-state index in [1.54, 1.807) is 14.1 Å². The Balaban J connectivity index is 4.17. The number of hydrogen-bond acceptors (Lipinski definition) is 2. The van der Waals surface area contributed by atoms with E-state index in [1.165, 1.54) is 11.0 Å². The van der Waals surface area contributed by atoms with Gasteiger partial charge in [0.1, 0.15) is 6.04 Å². The van der Waals surface area contributed by atoms with Gasteiger partial charge >= 0.3 is 12.0 Å². The molecule has 13 heavy (non-hydrogen) atoms. The molecule has 0 aromatic heterocycles. The Kier molecular flexibility index (Phi) is 4.58. The monoisotopic (exact) mass is 186 g/mol. The highest BCUT2D eigenvalue weighted by Crippen LogP contribution is 1.94. The number of carbonyl (C=O) groups is 2. The normalized spacial score (nSPS) is 11.5. The minimum absolute atomic E-state index is 0.217. The minimum Gasteiger partial charge on any atom is -0.480 e. The molecule has 0 aromatic carbocycles. The summed E-state index contributed by atoms with van der Waals surface area (Å²) in [6.45, 7) is 3.41. The third-order valence-electron chi connectivity index (χ3n) is 1.40. The van der Waals surface area contributed by atoms with Crippen LogP contribution in [0.3, 0.4) is 0 Å². The van der Waals surface area contributed by atoms with Gasteiger partial charge < -0.3 is 15.3 Å². The average molecular weight is 186 g/mol. The molecule has 5 nitrogen and oxygen atoms in total. The molecule has 2 amide bonds. The van der Waals surface area contributed by atoms with Gasteiger partial charge in [-0.2, -0.15) is 0 Å². The smallest absolute Gasteiger partial charge is 0.326 e. The van der Waals surface area contributed by atoms with Crippen molar-refractivity contribution in [3.63, 3.8) is 0 Å². The summed E-state index contributed by atoms with van der Waals surface area (Å²) in [5.74, 6) is -1.06. The van der Waals surface area contributed by atoms with Gasteiger partial charge in [-0.25, -0.2) is 9.59 Å². The quantitative estimate of drug-likeness (QED) is 0.620. The zero-order chi connectivity index (χ0) is 10.4. The number of aliphatic carboxylic acids is 1. The number of urea groups is 1. The molecule has 0 aliphatic carbocycles. The number of nitrogens with one attached hydrogen (secondary N) is 1. The minimum atomic E-state index is -1.06. The molecular formula is C8H14N2O3. The molecule has 0 radical (unpaired) electrons. The van der Waals surface area contributed by atoms with Crippen molar-refractivity contribution in [1.82, 2.24) is 10.2 Å². The van der Waals surface area contributed by atoms with E-state index >= 15 is 0 Å². The van der Waals surface area contributed by atoms with Crippen LogP contribution in [-0.2, 0) is 4.79 Å². The predicted molar refractivity (Wildman–Crippen MR) is 48.5 cm³/mol. The van der Waals surface area contributed by atoms with Crippen molar-refractivity contribution in [3.8, 4) is 0 Å². The van der Waals surface area contributed by atoms with E-state index in [0.717, 1.165) is 0 Å². The zero-order valence-corrected chi connectivity index (χ0v) is 7.78. The van der Waals surface area contributed by atoms with Gasteiger partial charge in [0.2, 0.25) is 0 Å². The fourth-order valence-electron chi connectivity index (χ4n) is 0.666. The first kappa shape index (κ1) is 11.5. The van der Waals surface area contributed by atoms with Crippen LogP contribution in [0.2, 0.25) is 0 Å². The number of amides is 2. The number of hydrogen-bond donors (Lipinski definition) is 2. The Morgan fingerprint density at radius 1 is 1.62 bits per heavy atom. The molecule has 2 N–H and O–H groups in total. The predicted octanol–water partition coefficient (Wildman–Crippen LogP) is 0.287. The molecule has 0 heterocycles. The van der Waals surface area contributed by atoms with Gasteiger partial charge in [-0.05, 0) is 6.42 Å². The third kappa shape index (κ3) is 4.15. The van der Waals surface area contributed by atoms with Crippen LogP contribution in [0.15, 0.2) is 12.7 Å². The molecule has 1 atom stereocenters. The molecule has 0 aliphatic rings. The fraction of sp³-hybridized carbons (Fsp3) is 0.500. The lowest BCUT2D eigenvalue weighted by molar-refractivity contribution is -0.139. The van der Waals surface area contributed by atoms with Crippen LogP contribution in [0.1, 0.15) is 6.42 Å². The summed E-state index contributed by atoms with van der Waals surface area (Å²) < 4.78 is 0. The number of rotatable bonds is 4. The van der Waals surface area contributed by atoms with Crippen molar-refractivity contribution < 1.29 is 14.7 Å². The maximum atomic E-state index is 11.0. The SMILES string of the molecule is C=CCC(NC(=O)N(C)C)C(=O)O. The summed E-state index contributed by atoms with van der Waals surface area (Å²) in [6, 6.07) is -1.32. The summed E-state index contributed by atoms with van der Waals surface area (Å²) >= 11 is 0. The molecule has 1 unspecified atom stereocenters. The van der Waals surface area contributed by atoms with Crippen molar-refractivity contribution >= 4 is 12.0 Å². The van der Waals surface area contributed by atoms with Crippen molar-refractivity contribution in [2.45, 2.75) is 12.5 Å². The van der Waals surface area contributed by atoms with Crippen LogP contribution in [0.25, 0.3) is 0 Å². The molecule has 0 saturated heterocycles. The lowest BCUT2D eigenvalue weighted by Gasteiger charge is -2.16. The second-order valence-electron chi connectivity index (χ2n) is 2.76. The zero-order valence-electron chi connectivity index (χ0n) is 7.78. The topological polar surface area (TPSA) is 69.6 Å². The van der Waals surface area contributed by atoms with Crippen LogP contribution in [0.4, 0.5) is 4.79 Å². The molecule has 0 aliphatic heterocycles. The summed E-state index contributed by atoms with van der Waals surface area (Å²) in [4.78, 5) is 22.9. The highest BCUT2D eigenvalue weighted by atomic mass is 16.4. The van der Waals surface area contributed by atoms with Crippen LogP contribution >= 0.6 is 0 Å². The summed E-state index contributed by atoms with van der Waals surface area (Å²) in [6.07, 6.45) is 1.67. The molecule has 0 spiro atoms. The van der Waals surface area contributed by atoms with E-state index in [9.17, 15) is 9.59 Å². The molecule has 0 fully saturated rings. The molecule has 0 aromatic rings. The van der Waals surface area contributed by atoms with E-state index in [0.29, 0.717) is 0 Å². The van der Waals surface area contributed by atoms with Crippen LogP contribution in [-0.4, -0.2) is 42.1 Å². The van der Waals surface area contributed by atoms with Gasteiger partial charge in [-0.15, -0.1) is 6.58 Å². The molecular weight excluding hydrogens is 172 g/mol. The maximum absolute atomic E-state index is 11.0. The molecule has 0 rings (SSSR count). The number of carbonyl (C=O) groups excluding carboxylic acids is 1. The van der Waals surface area contributed by atoms with Crippen LogP contribution in [0, 0.1) is 0 Å². The van der Waals surface area contributed by atoms with Gasteiger partial charge in [0.15, 0.2) is 0 Å². The Hall–Kier alpha value is -1.52. The Morgan fingerprint density at radius 3 is 2.46 bits per heavy atom. The van der Waals surface area contributed by atoms with Gasteiger partial charge in [-0.3, -0.25) is 0 Å². The van der Waals surface area contributed by atoms with E-state index in [1.807, 2.05) is 0 Å². The van der Waals surface area contributed by atoms with E-state index in [4.69, 9.17) is 5.11 Å². The number of nitrogens with zero attached hydrogens (tertiary/aromatic N) is 1. The van der Waals surface area contributed by atoms with Gasteiger partial charge in [0, 0.05) is 14.1 Å². The second-order valence-corrected chi connectivity index (χ2v) is 2.76. The highest BCUT2D eigenvalue weighted by Gasteiger charge is 2.18. The van der Waals surface area contributed by atoms with E-state index < -0.39 is 18.0 Å². The highest BCUT2D eigenvalue weighted by molar-refractivity contribution is 5.82. The summed E-state index contributed by atoms with van der Waals surface area (Å²) in [5.41, 5.74) is 0. The third-order valence-corrected chi connectivity index (χ3v) is 1.40. The summed E-state index contributed by atoms with van der Waals surface area (Å²) in [7, 11) is 3.09. The van der Waals surface area contributed by atoms with E-state index in [-0.39, 0.29) is 6.42 Å². The van der Waals surface area contributed by atoms with Crippen LogP contribution < -0.4 is 5.32 Å².